The molecule has 0 aliphatic rings. The van der Waals surface area contributed by atoms with E-state index >= 15 is 0 Å². The lowest BCUT2D eigenvalue weighted by atomic mass is 10.2. The van der Waals surface area contributed by atoms with Crippen LogP contribution in [0.25, 0.3) is 0 Å². The third-order valence-corrected chi connectivity index (χ3v) is 1.48. The third-order valence-electron chi connectivity index (χ3n) is 1.48. The van der Waals surface area contributed by atoms with Crippen molar-refractivity contribution in [3.63, 3.8) is 0 Å². The van der Waals surface area contributed by atoms with Gasteiger partial charge in [-0.05, 0) is 13.3 Å². The minimum Gasteiger partial charge on any atom is -0.480 e. The molecular weight excluding hydrogens is 174 g/mol. The molecule has 0 saturated carbocycles. The van der Waals surface area contributed by atoms with Gasteiger partial charge in [-0.25, -0.2) is 4.79 Å². The molecule has 0 rings (SSSR count). The quantitative estimate of drug-likeness (QED) is 0.616. The van der Waals surface area contributed by atoms with Crippen molar-refractivity contribution in [2.45, 2.75) is 26.3 Å². The lowest BCUT2D eigenvalue weighted by Crippen LogP contribution is -2.41. The van der Waals surface area contributed by atoms with Gasteiger partial charge >= 0.3 is 5.97 Å². The van der Waals surface area contributed by atoms with Crippen LogP contribution in [0.1, 0.15) is 20.3 Å². The average molecular weight is 189 g/mol. The number of aliphatic carboxylic acids is 1. The minimum atomic E-state index is -1.02. The summed E-state index contributed by atoms with van der Waals surface area (Å²) in [6, 6.07) is -0.812. The second kappa shape index (κ2) is 6.42. The van der Waals surface area contributed by atoms with Gasteiger partial charge in [-0.3, -0.25) is 4.79 Å². The molecule has 2 N–H and O–H groups in total. The zero-order valence-corrected chi connectivity index (χ0v) is 7.87. The number of hydrogen-bond acceptors (Lipinski definition) is 3. The maximum Gasteiger partial charge on any atom is 0.326 e. The number of carboxylic acids is 1. The van der Waals surface area contributed by atoms with Gasteiger partial charge in [0.05, 0.1) is 0 Å². The molecule has 0 saturated heterocycles. The van der Waals surface area contributed by atoms with Crippen molar-refractivity contribution in [3.05, 3.63) is 0 Å². The largest absolute Gasteiger partial charge is 0.480 e. The van der Waals surface area contributed by atoms with Crippen molar-refractivity contribution in [2.24, 2.45) is 0 Å². The van der Waals surface area contributed by atoms with E-state index < -0.39 is 17.9 Å². The number of ether oxygens (including phenoxy) is 1. The molecule has 0 spiro atoms. The summed E-state index contributed by atoms with van der Waals surface area (Å²) in [6.45, 7) is 3.82. The summed E-state index contributed by atoms with van der Waals surface area (Å²) in [5.41, 5.74) is 0. The van der Waals surface area contributed by atoms with Crippen LogP contribution in [0.3, 0.4) is 0 Å². The van der Waals surface area contributed by atoms with Crippen molar-refractivity contribution < 1.29 is 19.4 Å². The molecule has 0 aliphatic carbocycles. The van der Waals surface area contributed by atoms with Crippen LogP contribution in [-0.2, 0) is 14.3 Å². The number of rotatable bonds is 6. The molecule has 1 amide bonds. The number of carbonyl (C=O) groups is 2. The van der Waals surface area contributed by atoms with Crippen LogP contribution >= 0.6 is 0 Å². The maximum absolute atomic E-state index is 11.0. The summed E-state index contributed by atoms with van der Waals surface area (Å²) in [7, 11) is 0. The molecule has 0 aliphatic heterocycles. The van der Waals surface area contributed by atoms with E-state index in [-0.39, 0.29) is 6.61 Å². The lowest BCUT2D eigenvalue weighted by Gasteiger charge is -2.11. The first-order valence-electron chi connectivity index (χ1n) is 4.21. The van der Waals surface area contributed by atoms with Crippen molar-refractivity contribution in [1.82, 2.24) is 5.32 Å². The Kier molecular flexibility index (Phi) is 5.88. The molecule has 0 aromatic heterocycles. The number of nitrogens with one attached hydrogen (secondary N) is 1. The summed E-state index contributed by atoms with van der Waals surface area (Å²) in [4.78, 5) is 21.5. The summed E-state index contributed by atoms with van der Waals surface area (Å²) >= 11 is 0. The zero-order valence-electron chi connectivity index (χ0n) is 7.87. The normalized spacial score (nSPS) is 12.2. The van der Waals surface area contributed by atoms with Gasteiger partial charge in [-0.15, -0.1) is 0 Å². The highest BCUT2D eigenvalue weighted by atomic mass is 16.5. The van der Waals surface area contributed by atoms with E-state index in [0.29, 0.717) is 13.0 Å². The maximum atomic E-state index is 11.0. The van der Waals surface area contributed by atoms with Crippen LogP contribution in [0.5, 0.6) is 0 Å². The van der Waals surface area contributed by atoms with Gasteiger partial charge in [-0.2, -0.15) is 0 Å². The second-order valence-electron chi connectivity index (χ2n) is 2.50. The van der Waals surface area contributed by atoms with Crippen molar-refractivity contribution in [2.75, 3.05) is 13.2 Å². The summed E-state index contributed by atoms with van der Waals surface area (Å²) in [6.07, 6.45) is 0.368. The van der Waals surface area contributed by atoms with E-state index in [0.717, 1.165) is 0 Å². The first kappa shape index (κ1) is 11.9. The molecule has 0 aromatic rings. The summed E-state index contributed by atoms with van der Waals surface area (Å²) in [5.74, 6) is -1.41. The van der Waals surface area contributed by atoms with E-state index in [1.807, 2.05) is 0 Å². The van der Waals surface area contributed by atoms with E-state index in [1.54, 1.807) is 13.8 Å². The first-order valence-corrected chi connectivity index (χ1v) is 4.21. The predicted octanol–water partition coefficient (Wildman–Crippen LogP) is 0.00230. The molecule has 0 fully saturated rings. The number of amides is 1. The second-order valence-corrected chi connectivity index (χ2v) is 2.50. The lowest BCUT2D eigenvalue weighted by molar-refractivity contribution is -0.142. The Labute approximate surface area is 77.1 Å². The highest BCUT2D eigenvalue weighted by Crippen LogP contribution is 1.90. The van der Waals surface area contributed by atoms with Crippen LogP contribution < -0.4 is 5.32 Å². The predicted molar refractivity (Wildman–Crippen MR) is 46.4 cm³/mol. The van der Waals surface area contributed by atoms with Crippen molar-refractivity contribution in [3.8, 4) is 0 Å². The van der Waals surface area contributed by atoms with Gasteiger partial charge in [-0.1, -0.05) is 6.92 Å². The molecule has 0 heterocycles. The Hall–Kier alpha value is -1.10. The Morgan fingerprint density at radius 1 is 1.46 bits per heavy atom. The van der Waals surface area contributed by atoms with E-state index in [4.69, 9.17) is 9.84 Å². The van der Waals surface area contributed by atoms with Gasteiger partial charge in [0.25, 0.3) is 0 Å². The molecular formula is C8H15NO4. The molecule has 0 aromatic carbocycles. The number of hydrogen-bond donors (Lipinski definition) is 2. The van der Waals surface area contributed by atoms with Crippen molar-refractivity contribution >= 4 is 11.9 Å². The molecule has 1 unspecified atom stereocenters. The smallest absolute Gasteiger partial charge is 0.326 e. The third kappa shape index (κ3) is 5.19. The number of carbonyl (C=O) groups excluding carboxylic acids is 1. The van der Waals surface area contributed by atoms with Crippen molar-refractivity contribution in [1.29, 1.82) is 0 Å². The zero-order chi connectivity index (χ0) is 10.3. The summed E-state index contributed by atoms with van der Waals surface area (Å²) in [5, 5.41) is 10.9. The molecule has 0 radical (unpaired) electrons. The average Bonchev–Trinajstić information content (AvgIpc) is 2.10. The highest BCUT2D eigenvalue weighted by Gasteiger charge is 2.16. The Bertz CT molecular complexity index is 181. The fraction of sp³-hybridized carbons (Fsp3) is 0.750. The minimum absolute atomic E-state index is 0.0831. The standard InChI is InChI=1S/C8H15NO4/c1-3-6(8(11)12)9-7(10)5-13-4-2/h6H,3-5H2,1-2H3,(H,9,10)(H,11,12). The van der Waals surface area contributed by atoms with Gasteiger partial charge in [0, 0.05) is 6.61 Å². The Balaban J connectivity index is 3.80. The van der Waals surface area contributed by atoms with Gasteiger partial charge in [0.2, 0.25) is 5.91 Å². The fourth-order valence-electron chi connectivity index (χ4n) is 0.769. The van der Waals surface area contributed by atoms with Crippen LogP contribution in [-0.4, -0.2) is 36.2 Å². The van der Waals surface area contributed by atoms with Crippen LogP contribution in [0.2, 0.25) is 0 Å². The van der Waals surface area contributed by atoms with Gasteiger partial charge in [0.15, 0.2) is 0 Å². The monoisotopic (exact) mass is 189 g/mol. The van der Waals surface area contributed by atoms with Gasteiger partial charge < -0.3 is 15.2 Å². The van der Waals surface area contributed by atoms with Gasteiger partial charge in [0.1, 0.15) is 12.6 Å². The molecule has 76 valence electrons. The molecule has 5 heteroatoms. The summed E-state index contributed by atoms with van der Waals surface area (Å²) < 4.78 is 4.82. The Morgan fingerprint density at radius 3 is 2.46 bits per heavy atom. The molecule has 5 nitrogen and oxygen atoms in total. The first-order chi connectivity index (χ1) is 6.11. The molecule has 13 heavy (non-hydrogen) atoms. The van der Waals surface area contributed by atoms with Crippen LogP contribution in [0.4, 0.5) is 0 Å². The Morgan fingerprint density at radius 2 is 2.08 bits per heavy atom. The molecule has 0 bridgehead atoms. The topological polar surface area (TPSA) is 75.6 Å². The molecule has 1 atom stereocenters. The van der Waals surface area contributed by atoms with E-state index in [9.17, 15) is 9.59 Å². The fourth-order valence-corrected chi connectivity index (χ4v) is 0.769. The van der Waals surface area contributed by atoms with E-state index in [2.05, 4.69) is 5.32 Å². The highest BCUT2D eigenvalue weighted by molar-refractivity contribution is 5.84. The number of carboxylic acid groups (broad SMARTS) is 1. The van der Waals surface area contributed by atoms with E-state index in [1.165, 1.54) is 0 Å². The van der Waals surface area contributed by atoms with Crippen LogP contribution in [0.15, 0.2) is 0 Å². The van der Waals surface area contributed by atoms with Crippen LogP contribution in [0, 0.1) is 0 Å². The SMILES string of the molecule is CCOCC(=O)NC(CC)C(=O)O.